The first-order chi connectivity index (χ1) is 5.29. The molecule has 0 N–H and O–H groups in total. The second-order valence-corrected chi connectivity index (χ2v) is 2.69. The van der Waals surface area contributed by atoms with Crippen LogP contribution in [0.4, 0.5) is 0 Å². The van der Waals surface area contributed by atoms with Crippen LogP contribution in [0.25, 0.3) is 0 Å². The lowest BCUT2D eigenvalue weighted by molar-refractivity contribution is -0.319. The molecule has 11 heavy (non-hydrogen) atoms. The Balaban J connectivity index is 2.39. The van der Waals surface area contributed by atoms with Crippen molar-refractivity contribution < 1.29 is 14.3 Å². The first-order valence-corrected chi connectivity index (χ1v) is 4.20. The van der Waals surface area contributed by atoms with Crippen LogP contribution < -0.4 is 9.79 Å². The van der Waals surface area contributed by atoms with Gasteiger partial charge in [0.15, 0.2) is 0 Å². The highest BCUT2D eigenvalue weighted by Crippen LogP contribution is 2.15. The Morgan fingerprint density at radius 1 is 1.18 bits per heavy atom. The van der Waals surface area contributed by atoms with Crippen LogP contribution >= 0.6 is 8.60 Å². The van der Waals surface area contributed by atoms with Gasteiger partial charge in [-0.2, -0.15) is 8.60 Å². The monoisotopic (exact) mass is 170 g/mol. The SMILES string of the molecule is [O-]P([O-])OCc1ccccc1. The standard InChI is InChI=1S/C7H7O3P/c8-11(9)10-6-7-4-2-1-3-5-7/h1-5H,6H2/q-2. The third-order valence-electron chi connectivity index (χ3n) is 1.18. The average molecular weight is 170 g/mol. The van der Waals surface area contributed by atoms with Gasteiger partial charge < -0.3 is 14.3 Å². The van der Waals surface area contributed by atoms with Crippen molar-refractivity contribution in [2.75, 3.05) is 0 Å². The molecular formula is C7H7O3P-2. The van der Waals surface area contributed by atoms with Crippen molar-refractivity contribution in [3.05, 3.63) is 35.9 Å². The van der Waals surface area contributed by atoms with Crippen LogP contribution in [0.3, 0.4) is 0 Å². The molecule has 1 rings (SSSR count). The molecule has 0 aliphatic heterocycles. The normalized spacial score (nSPS) is 10.5. The Bertz CT molecular complexity index is 200. The van der Waals surface area contributed by atoms with Crippen LogP contribution in [0.1, 0.15) is 5.56 Å². The third kappa shape index (κ3) is 3.44. The molecule has 0 spiro atoms. The van der Waals surface area contributed by atoms with Crippen molar-refractivity contribution >= 4 is 8.60 Å². The van der Waals surface area contributed by atoms with Gasteiger partial charge in [0.25, 0.3) is 0 Å². The van der Waals surface area contributed by atoms with Crippen LogP contribution in [0.15, 0.2) is 30.3 Å². The van der Waals surface area contributed by atoms with Gasteiger partial charge in [-0.3, -0.25) is 0 Å². The number of rotatable bonds is 3. The molecule has 0 aromatic heterocycles. The summed E-state index contributed by atoms with van der Waals surface area (Å²) in [5.41, 5.74) is 0.853. The summed E-state index contributed by atoms with van der Waals surface area (Å²) in [7, 11) is -2.72. The summed E-state index contributed by atoms with van der Waals surface area (Å²) in [5, 5.41) is 0. The van der Waals surface area contributed by atoms with E-state index >= 15 is 0 Å². The van der Waals surface area contributed by atoms with Gasteiger partial charge in [0.05, 0.1) is 6.61 Å². The van der Waals surface area contributed by atoms with Crippen molar-refractivity contribution in [3.63, 3.8) is 0 Å². The van der Waals surface area contributed by atoms with Gasteiger partial charge in [0.2, 0.25) is 0 Å². The summed E-state index contributed by atoms with van der Waals surface area (Å²) in [6, 6.07) is 9.13. The summed E-state index contributed by atoms with van der Waals surface area (Å²) in [6.45, 7) is 0.125. The van der Waals surface area contributed by atoms with E-state index in [1.807, 2.05) is 18.2 Å². The molecule has 0 atom stereocenters. The highest BCUT2D eigenvalue weighted by Gasteiger charge is 1.86. The minimum atomic E-state index is -2.72. The molecule has 0 aliphatic rings. The van der Waals surface area contributed by atoms with Gasteiger partial charge in [0, 0.05) is 0 Å². The van der Waals surface area contributed by atoms with E-state index in [0.29, 0.717) is 0 Å². The largest absolute Gasteiger partial charge is 0.820 e. The predicted molar refractivity (Wildman–Crippen MR) is 38.2 cm³/mol. The molecule has 0 fully saturated rings. The predicted octanol–water partition coefficient (Wildman–Crippen LogP) is 0.151. The summed E-state index contributed by atoms with van der Waals surface area (Å²) < 4.78 is 4.38. The van der Waals surface area contributed by atoms with Crippen molar-refractivity contribution in [2.24, 2.45) is 0 Å². The van der Waals surface area contributed by atoms with E-state index in [9.17, 15) is 9.79 Å². The highest BCUT2D eigenvalue weighted by molar-refractivity contribution is 7.36. The maximum Gasteiger partial charge on any atom is 0.0727 e. The lowest BCUT2D eigenvalue weighted by atomic mass is 10.2. The molecule has 0 saturated carbocycles. The van der Waals surface area contributed by atoms with Crippen molar-refractivity contribution in [2.45, 2.75) is 6.61 Å². The van der Waals surface area contributed by atoms with E-state index in [4.69, 9.17) is 0 Å². The van der Waals surface area contributed by atoms with Crippen molar-refractivity contribution in [1.82, 2.24) is 0 Å². The minimum absolute atomic E-state index is 0.125. The second kappa shape index (κ2) is 4.42. The van der Waals surface area contributed by atoms with E-state index in [1.54, 1.807) is 12.1 Å². The number of benzene rings is 1. The van der Waals surface area contributed by atoms with E-state index in [0.717, 1.165) is 5.56 Å². The Morgan fingerprint density at radius 3 is 2.36 bits per heavy atom. The molecular weight excluding hydrogens is 163 g/mol. The summed E-state index contributed by atoms with van der Waals surface area (Å²) in [5.74, 6) is 0. The maximum absolute atomic E-state index is 9.99. The van der Waals surface area contributed by atoms with Crippen LogP contribution in [0.5, 0.6) is 0 Å². The number of hydrogen-bond acceptors (Lipinski definition) is 3. The van der Waals surface area contributed by atoms with Crippen LogP contribution in [0, 0.1) is 0 Å². The zero-order chi connectivity index (χ0) is 8.10. The van der Waals surface area contributed by atoms with Crippen molar-refractivity contribution in [1.29, 1.82) is 0 Å². The van der Waals surface area contributed by atoms with E-state index < -0.39 is 8.60 Å². The second-order valence-electron chi connectivity index (χ2n) is 1.98. The molecule has 1 aromatic rings. The zero-order valence-corrected chi connectivity index (χ0v) is 6.66. The fourth-order valence-corrected chi connectivity index (χ4v) is 0.956. The first kappa shape index (κ1) is 8.62. The molecule has 0 bridgehead atoms. The highest BCUT2D eigenvalue weighted by atomic mass is 31.2. The van der Waals surface area contributed by atoms with Gasteiger partial charge >= 0.3 is 0 Å². The molecule has 4 heteroatoms. The Hall–Kier alpha value is -0.470. The number of hydrogen-bond donors (Lipinski definition) is 0. The van der Waals surface area contributed by atoms with Crippen LogP contribution in [-0.4, -0.2) is 0 Å². The van der Waals surface area contributed by atoms with E-state index in [1.165, 1.54) is 0 Å². The molecule has 3 nitrogen and oxygen atoms in total. The Kier molecular flexibility index (Phi) is 3.46. The van der Waals surface area contributed by atoms with Gasteiger partial charge in [-0.1, -0.05) is 30.3 Å². The lowest BCUT2D eigenvalue weighted by Crippen LogP contribution is -2.10. The smallest absolute Gasteiger partial charge is 0.0727 e. The molecule has 0 saturated heterocycles. The lowest BCUT2D eigenvalue weighted by Gasteiger charge is -2.28. The van der Waals surface area contributed by atoms with Gasteiger partial charge in [0.1, 0.15) is 0 Å². The van der Waals surface area contributed by atoms with Gasteiger partial charge in [-0.15, -0.1) is 0 Å². The van der Waals surface area contributed by atoms with Crippen LogP contribution in [-0.2, 0) is 11.1 Å². The average Bonchev–Trinajstić information content (AvgIpc) is 2.03. The first-order valence-electron chi connectivity index (χ1n) is 3.10. The molecule has 60 valence electrons. The summed E-state index contributed by atoms with van der Waals surface area (Å²) in [6.07, 6.45) is 0. The third-order valence-corrected chi connectivity index (χ3v) is 1.52. The summed E-state index contributed by atoms with van der Waals surface area (Å²) in [4.78, 5) is 20.0. The van der Waals surface area contributed by atoms with Crippen molar-refractivity contribution in [3.8, 4) is 0 Å². The Labute approximate surface area is 66.3 Å². The van der Waals surface area contributed by atoms with E-state index in [-0.39, 0.29) is 6.61 Å². The Morgan fingerprint density at radius 2 is 1.82 bits per heavy atom. The molecule has 0 radical (unpaired) electrons. The molecule has 0 unspecified atom stereocenters. The topological polar surface area (TPSA) is 55.3 Å². The molecule has 0 amide bonds. The fourth-order valence-electron chi connectivity index (χ4n) is 0.701. The fraction of sp³-hybridized carbons (Fsp3) is 0.143. The quantitative estimate of drug-likeness (QED) is 0.606. The molecule has 1 aromatic carbocycles. The van der Waals surface area contributed by atoms with Gasteiger partial charge in [-0.05, 0) is 5.56 Å². The van der Waals surface area contributed by atoms with E-state index in [2.05, 4.69) is 4.52 Å². The molecule has 0 heterocycles. The minimum Gasteiger partial charge on any atom is -0.820 e. The zero-order valence-electron chi connectivity index (χ0n) is 5.77. The van der Waals surface area contributed by atoms with Crippen LogP contribution in [0.2, 0.25) is 0 Å². The van der Waals surface area contributed by atoms with Gasteiger partial charge in [-0.25, -0.2) is 0 Å². The molecule has 0 aliphatic carbocycles. The summed E-state index contributed by atoms with van der Waals surface area (Å²) >= 11 is 0. The maximum atomic E-state index is 9.99.